The molecule has 1 amide bonds. The van der Waals surface area contributed by atoms with Crippen molar-refractivity contribution in [3.63, 3.8) is 0 Å². The van der Waals surface area contributed by atoms with Gasteiger partial charge in [0.25, 0.3) is 0 Å². The van der Waals surface area contributed by atoms with Gasteiger partial charge in [-0.25, -0.2) is 0 Å². The second-order valence-electron chi connectivity index (χ2n) is 6.30. The van der Waals surface area contributed by atoms with E-state index in [1.54, 1.807) is 18.3 Å². The number of halogens is 2. The number of nitrogens with zero attached hydrogens (tertiary/aromatic N) is 1. The predicted octanol–water partition coefficient (Wildman–Crippen LogP) is 6.14. The Morgan fingerprint density at radius 1 is 1.23 bits per heavy atom. The molecule has 1 aromatic carbocycles. The molecule has 0 radical (unpaired) electrons. The van der Waals surface area contributed by atoms with Crippen LogP contribution >= 0.6 is 23.2 Å². The predicted molar refractivity (Wildman–Crippen MR) is 137 cm³/mol. The molecule has 1 aromatic heterocycles. The van der Waals surface area contributed by atoms with E-state index in [2.05, 4.69) is 30.1 Å². The van der Waals surface area contributed by atoms with Gasteiger partial charge in [0.05, 0.1) is 15.6 Å². The number of nitrogens with one attached hydrogen (secondary N) is 2. The number of hydrogen-bond acceptors (Lipinski definition) is 2. The molecule has 1 aliphatic heterocycles. The van der Waals surface area contributed by atoms with Crippen molar-refractivity contribution in [2.24, 2.45) is 0 Å². The molecular weight excluding hydrogens is 429 g/mol. The molecule has 170 valence electrons. The largest absolute Gasteiger partial charge is 0.334 e. The van der Waals surface area contributed by atoms with E-state index in [0.717, 1.165) is 48.9 Å². The van der Waals surface area contributed by atoms with Crippen molar-refractivity contribution < 1.29 is 4.79 Å². The number of allylic oxidation sites excluding steroid dienone is 2. The minimum absolute atomic E-state index is 0.0624. The van der Waals surface area contributed by atoms with Gasteiger partial charge in [0.15, 0.2) is 0 Å². The molecule has 3 rings (SSSR count). The molecule has 2 N–H and O–H groups in total. The Morgan fingerprint density at radius 3 is 2.42 bits per heavy atom. The highest BCUT2D eigenvalue weighted by molar-refractivity contribution is 6.40. The van der Waals surface area contributed by atoms with Crippen LogP contribution in [0.5, 0.6) is 0 Å². The lowest BCUT2D eigenvalue weighted by atomic mass is 10.1. The highest BCUT2D eigenvalue weighted by atomic mass is 35.5. The van der Waals surface area contributed by atoms with Crippen molar-refractivity contribution in [1.29, 1.82) is 0 Å². The molecule has 0 spiro atoms. The molecule has 4 nitrogen and oxygen atoms in total. The summed E-state index contributed by atoms with van der Waals surface area (Å²) in [5.41, 5.74) is 3.23. The minimum atomic E-state index is -0.0624. The summed E-state index contributed by atoms with van der Waals surface area (Å²) in [5, 5.41) is 8.52. The Bertz CT molecular complexity index is 882. The lowest BCUT2D eigenvalue weighted by Gasteiger charge is -2.11. The number of amides is 1. The summed E-state index contributed by atoms with van der Waals surface area (Å²) in [7, 11) is 0. The fraction of sp³-hybridized carbons (Fsp3) is 0.400. The molecule has 0 bridgehead atoms. The second kappa shape index (κ2) is 16.5. The summed E-state index contributed by atoms with van der Waals surface area (Å²) in [5.74, 6) is -0.0624. The zero-order valence-electron chi connectivity index (χ0n) is 19.1. The number of aromatic nitrogens is 1. The van der Waals surface area contributed by atoms with E-state index in [1.807, 2.05) is 44.4 Å². The average Bonchev–Trinajstić information content (AvgIpc) is 2.93. The normalized spacial score (nSPS) is 12.1. The summed E-state index contributed by atoms with van der Waals surface area (Å²) >= 11 is 12.9. The standard InChI is InChI=1S/C18H21Cl2N3O.C3H6.C2H6.C2H2/c1-2-3-8-22-16(24)11-23-15-7-10-21-9-6-12(15)17-13(19)4-5-14(20)18(17)23;1-3-2;2*1-2/h3-5,8,21H,2,6-7,9-11H2,1H3,(H,22,24);3H,1H2,2H3;1-2H3;1-2H/b8-3+;;;. The van der Waals surface area contributed by atoms with Crippen molar-refractivity contribution in [1.82, 2.24) is 15.2 Å². The van der Waals surface area contributed by atoms with Crippen molar-refractivity contribution in [2.75, 3.05) is 13.1 Å². The van der Waals surface area contributed by atoms with Crippen LogP contribution in [0.4, 0.5) is 0 Å². The summed E-state index contributed by atoms with van der Waals surface area (Å²) in [6, 6.07) is 3.63. The van der Waals surface area contributed by atoms with Crippen LogP contribution in [0.3, 0.4) is 0 Å². The molecule has 31 heavy (non-hydrogen) atoms. The molecule has 0 aliphatic carbocycles. The van der Waals surface area contributed by atoms with Crippen LogP contribution in [0.15, 0.2) is 37.1 Å². The van der Waals surface area contributed by atoms with Gasteiger partial charge in [0.1, 0.15) is 6.54 Å². The number of terminal acetylenes is 1. The number of carbonyl (C=O) groups excluding carboxylic acids is 1. The molecular formula is C25H35Cl2N3O. The molecule has 0 saturated carbocycles. The Kier molecular flexibility index (Phi) is 15.3. The first kappa shape index (κ1) is 28.8. The summed E-state index contributed by atoms with van der Waals surface area (Å²) in [6.07, 6.45) is 16.0. The third-order valence-electron chi connectivity index (χ3n) is 4.31. The van der Waals surface area contributed by atoms with Crippen molar-refractivity contribution in [3.8, 4) is 12.8 Å². The molecule has 2 heterocycles. The maximum atomic E-state index is 12.3. The Balaban J connectivity index is 0.00000116. The smallest absolute Gasteiger partial charge is 0.243 e. The van der Waals surface area contributed by atoms with Gasteiger partial charge < -0.3 is 15.2 Å². The fourth-order valence-electron chi connectivity index (χ4n) is 3.27. The minimum Gasteiger partial charge on any atom is -0.334 e. The van der Waals surface area contributed by atoms with Crippen LogP contribution < -0.4 is 10.6 Å². The number of hydrogen-bond donors (Lipinski definition) is 2. The summed E-state index contributed by atoms with van der Waals surface area (Å²) in [4.78, 5) is 12.3. The Morgan fingerprint density at radius 2 is 1.81 bits per heavy atom. The van der Waals surface area contributed by atoms with Crippen LogP contribution in [0.2, 0.25) is 10.0 Å². The third kappa shape index (κ3) is 8.10. The number of benzene rings is 1. The molecule has 0 unspecified atom stereocenters. The molecule has 2 aromatic rings. The van der Waals surface area contributed by atoms with Gasteiger partial charge in [-0.3, -0.25) is 4.79 Å². The van der Waals surface area contributed by atoms with Crippen molar-refractivity contribution >= 4 is 40.0 Å². The van der Waals surface area contributed by atoms with Gasteiger partial charge in [-0.05, 0) is 50.2 Å². The first-order valence-electron chi connectivity index (χ1n) is 10.6. The zero-order valence-corrected chi connectivity index (χ0v) is 20.6. The molecule has 1 aliphatic rings. The van der Waals surface area contributed by atoms with Gasteiger partial charge in [0.2, 0.25) is 5.91 Å². The monoisotopic (exact) mass is 463 g/mol. The topological polar surface area (TPSA) is 46.1 Å². The SMILES string of the molecule is C#C.C=CC.CC.CC/C=C/NC(=O)Cn1c2c(c3c(Cl)ccc(Cl)c31)CCNCC2. The maximum absolute atomic E-state index is 12.3. The van der Waals surface area contributed by atoms with Gasteiger partial charge in [-0.15, -0.1) is 19.4 Å². The van der Waals surface area contributed by atoms with E-state index in [9.17, 15) is 4.79 Å². The van der Waals surface area contributed by atoms with Gasteiger partial charge in [-0.1, -0.05) is 56.1 Å². The quantitative estimate of drug-likeness (QED) is 0.422. The average molecular weight is 464 g/mol. The van der Waals surface area contributed by atoms with Crippen molar-refractivity contribution in [2.45, 2.75) is 53.5 Å². The van der Waals surface area contributed by atoms with E-state index < -0.39 is 0 Å². The van der Waals surface area contributed by atoms with E-state index in [4.69, 9.17) is 23.2 Å². The zero-order chi connectivity index (χ0) is 23.8. The van der Waals surface area contributed by atoms with E-state index >= 15 is 0 Å². The van der Waals surface area contributed by atoms with Crippen LogP contribution in [0, 0.1) is 12.8 Å². The van der Waals surface area contributed by atoms with Crippen LogP contribution in [-0.4, -0.2) is 23.6 Å². The first-order valence-corrected chi connectivity index (χ1v) is 11.3. The summed E-state index contributed by atoms with van der Waals surface area (Å²) < 4.78 is 2.03. The van der Waals surface area contributed by atoms with E-state index in [1.165, 1.54) is 5.56 Å². The maximum Gasteiger partial charge on any atom is 0.243 e. The van der Waals surface area contributed by atoms with E-state index in [0.29, 0.717) is 10.0 Å². The van der Waals surface area contributed by atoms with E-state index in [-0.39, 0.29) is 12.5 Å². The van der Waals surface area contributed by atoms with Gasteiger partial charge in [0, 0.05) is 24.0 Å². The molecule has 0 fully saturated rings. The molecule has 0 saturated heterocycles. The Labute approximate surface area is 197 Å². The lowest BCUT2D eigenvalue weighted by Crippen LogP contribution is -2.24. The first-order chi connectivity index (χ1) is 15.0. The van der Waals surface area contributed by atoms with Crippen molar-refractivity contribution in [3.05, 3.63) is 58.4 Å². The van der Waals surface area contributed by atoms with Crippen LogP contribution in [-0.2, 0) is 24.2 Å². The number of rotatable bonds is 4. The number of carbonyl (C=O) groups is 1. The fourth-order valence-corrected chi connectivity index (χ4v) is 3.79. The molecule has 6 heteroatoms. The van der Waals surface area contributed by atoms with Crippen LogP contribution in [0.25, 0.3) is 10.9 Å². The third-order valence-corrected chi connectivity index (χ3v) is 4.93. The highest BCUT2D eigenvalue weighted by Gasteiger charge is 2.23. The lowest BCUT2D eigenvalue weighted by molar-refractivity contribution is -0.120. The molecule has 0 atom stereocenters. The van der Waals surface area contributed by atoms with Crippen LogP contribution in [0.1, 0.15) is 45.4 Å². The summed E-state index contributed by atoms with van der Waals surface area (Å²) in [6.45, 7) is 13.3. The van der Waals surface area contributed by atoms with Gasteiger partial charge >= 0.3 is 0 Å². The number of fused-ring (bicyclic) bond motifs is 3. The Hall–Kier alpha value is -2.19. The van der Waals surface area contributed by atoms with Gasteiger partial charge in [-0.2, -0.15) is 0 Å². The highest BCUT2D eigenvalue weighted by Crippen LogP contribution is 2.37. The second-order valence-corrected chi connectivity index (χ2v) is 7.11.